The summed E-state index contributed by atoms with van der Waals surface area (Å²) in [4.78, 5) is 2.68. The molecule has 0 aliphatic rings. The third kappa shape index (κ3) is 0.826. The largest absolute Gasteiger partial charge is 0.358 e. The Bertz CT molecular complexity index is 431. The van der Waals surface area contributed by atoms with Gasteiger partial charge in [0, 0.05) is 11.6 Å². The molecular formula is C9H7F2N. The van der Waals surface area contributed by atoms with Gasteiger partial charge in [-0.1, -0.05) is 0 Å². The third-order valence-electron chi connectivity index (χ3n) is 1.95. The number of hydrogen-bond donors (Lipinski definition) is 1. The summed E-state index contributed by atoms with van der Waals surface area (Å²) in [6, 6.07) is 2.71. The second-order valence-corrected chi connectivity index (χ2v) is 2.76. The number of fused-ring (bicyclic) bond motifs is 1. The summed E-state index contributed by atoms with van der Waals surface area (Å²) in [6.45, 7) is 1.84. The van der Waals surface area contributed by atoms with E-state index >= 15 is 0 Å². The molecule has 0 bridgehead atoms. The number of aromatic nitrogens is 1. The topological polar surface area (TPSA) is 15.8 Å². The Hall–Kier alpha value is -1.38. The number of halogens is 2. The molecule has 1 nitrogen and oxygen atoms in total. The average Bonchev–Trinajstić information content (AvgIpc) is 2.41. The second kappa shape index (κ2) is 2.30. The summed E-state index contributed by atoms with van der Waals surface area (Å²) in [5, 5.41) is 0.730. The Balaban J connectivity index is 2.93. The lowest BCUT2D eigenvalue weighted by Gasteiger charge is -1.94. The van der Waals surface area contributed by atoms with Gasteiger partial charge in [-0.15, -0.1) is 0 Å². The van der Waals surface area contributed by atoms with E-state index in [4.69, 9.17) is 0 Å². The Kier molecular flexibility index (Phi) is 1.40. The van der Waals surface area contributed by atoms with Crippen molar-refractivity contribution in [3.05, 3.63) is 35.5 Å². The van der Waals surface area contributed by atoms with Crippen LogP contribution in [0.2, 0.25) is 0 Å². The van der Waals surface area contributed by atoms with Crippen LogP contribution in [0, 0.1) is 18.6 Å². The van der Waals surface area contributed by atoms with Crippen molar-refractivity contribution in [2.45, 2.75) is 6.92 Å². The summed E-state index contributed by atoms with van der Waals surface area (Å²) < 4.78 is 25.7. The van der Waals surface area contributed by atoms with Crippen LogP contribution in [0.4, 0.5) is 8.78 Å². The molecule has 0 fully saturated rings. The molecular weight excluding hydrogens is 160 g/mol. The third-order valence-corrected chi connectivity index (χ3v) is 1.95. The number of hydrogen-bond acceptors (Lipinski definition) is 0. The van der Waals surface area contributed by atoms with Crippen molar-refractivity contribution in [2.75, 3.05) is 0 Å². The van der Waals surface area contributed by atoms with Crippen LogP contribution in [0.25, 0.3) is 10.9 Å². The van der Waals surface area contributed by atoms with Crippen LogP contribution in [0.15, 0.2) is 18.3 Å². The van der Waals surface area contributed by atoms with E-state index in [-0.39, 0.29) is 5.52 Å². The van der Waals surface area contributed by atoms with Crippen LogP contribution in [0.5, 0.6) is 0 Å². The average molecular weight is 167 g/mol. The van der Waals surface area contributed by atoms with Crippen molar-refractivity contribution in [2.24, 2.45) is 0 Å². The summed E-state index contributed by atoms with van der Waals surface area (Å²) in [5.41, 5.74) is 1.16. The van der Waals surface area contributed by atoms with Crippen LogP contribution in [-0.4, -0.2) is 4.98 Å². The van der Waals surface area contributed by atoms with Gasteiger partial charge in [0.15, 0.2) is 11.6 Å². The second-order valence-electron chi connectivity index (χ2n) is 2.76. The van der Waals surface area contributed by atoms with Crippen LogP contribution < -0.4 is 0 Å². The summed E-state index contributed by atoms with van der Waals surface area (Å²) >= 11 is 0. The minimum absolute atomic E-state index is 0.243. The zero-order valence-electron chi connectivity index (χ0n) is 6.49. The number of benzene rings is 1. The molecule has 2 aromatic rings. The summed E-state index contributed by atoms with van der Waals surface area (Å²) in [7, 11) is 0. The molecule has 0 aliphatic heterocycles. The highest BCUT2D eigenvalue weighted by atomic mass is 19.2. The lowest BCUT2D eigenvalue weighted by Crippen LogP contribution is -1.84. The van der Waals surface area contributed by atoms with Gasteiger partial charge in [0.1, 0.15) is 0 Å². The molecule has 12 heavy (non-hydrogen) atoms. The fourth-order valence-corrected chi connectivity index (χ4v) is 1.28. The highest BCUT2D eigenvalue weighted by Gasteiger charge is 2.08. The first kappa shape index (κ1) is 7.28. The standard InChI is InChI=1S/C9H7F2N/c1-5-4-12-9-6(5)2-3-7(10)8(9)11/h2-4,12H,1H3. The first-order valence-electron chi connectivity index (χ1n) is 3.62. The zero-order valence-corrected chi connectivity index (χ0v) is 6.49. The molecule has 0 saturated heterocycles. The monoisotopic (exact) mass is 167 g/mol. The molecule has 1 N–H and O–H groups in total. The van der Waals surface area contributed by atoms with E-state index < -0.39 is 11.6 Å². The van der Waals surface area contributed by atoms with Gasteiger partial charge in [-0.2, -0.15) is 0 Å². The van der Waals surface area contributed by atoms with Crippen molar-refractivity contribution in [3.8, 4) is 0 Å². The highest BCUT2D eigenvalue weighted by Crippen LogP contribution is 2.21. The predicted octanol–water partition coefficient (Wildman–Crippen LogP) is 2.75. The van der Waals surface area contributed by atoms with Gasteiger partial charge in [0.25, 0.3) is 0 Å². The van der Waals surface area contributed by atoms with Gasteiger partial charge in [-0.3, -0.25) is 0 Å². The van der Waals surface area contributed by atoms with Gasteiger partial charge in [-0.05, 0) is 24.6 Å². The van der Waals surface area contributed by atoms with Crippen molar-refractivity contribution in [1.82, 2.24) is 4.98 Å². The molecule has 62 valence electrons. The SMILES string of the molecule is Cc1c[nH]c2c(F)c(F)ccc12. The summed E-state index contributed by atoms with van der Waals surface area (Å²) in [5.74, 6) is -1.62. The molecule has 0 radical (unpaired) electrons. The quantitative estimate of drug-likeness (QED) is 0.621. The molecule has 1 aromatic carbocycles. The normalized spacial score (nSPS) is 10.9. The molecule has 0 unspecified atom stereocenters. The molecule has 0 spiro atoms. The number of aromatic amines is 1. The first-order chi connectivity index (χ1) is 5.70. The smallest absolute Gasteiger partial charge is 0.182 e. The molecule has 0 saturated carbocycles. The van der Waals surface area contributed by atoms with Crippen LogP contribution in [-0.2, 0) is 0 Å². The molecule has 0 atom stereocenters. The Morgan fingerprint density at radius 1 is 1.25 bits per heavy atom. The van der Waals surface area contributed by atoms with E-state index in [1.807, 2.05) is 6.92 Å². The minimum Gasteiger partial charge on any atom is -0.358 e. The van der Waals surface area contributed by atoms with Gasteiger partial charge in [0.05, 0.1) is 5.52 Å². The molecule has 3 heteroatoms. The van der Waals surface area contributed by atoms with E-state index in [9.17, 15) is 8.78 Å². The molecule has 1 aromatic heterocycles. The molecule has 0 aliphatic carbocycles. The van der Waals surface area contributed by atoms with E-state index in [0.717, 1.165) is 17.0 Å². The van der Waals surface area contributed by atoms with Crippen LogP contribution in [0.1, 0.15) is 5.56 Å². The molecule has 1 heterocycles. The van der Waals surface area contributed by atoms with E-state index in [1.54, 1.807) is 12.3 Å². The van der Waals surface area contributed by atoms with Crippen LogP contribution >= 0.6 is 0 Å². The van der Waals surface area contributed by atoms with E-state index in [2.05, 4.69) is 4.98 Å². The first-order valence-corrected chi connectivity index (χ1v) is 3.62. The fourth-order valence-electron chi connectivity index (χ4n) is 1.28. The van der Waals surface area contributed by atoms with Gasteiger partial charge in [0.2, 0.25) is 0 Å². The molecule has 2 rings (SSSR count). The van der Waals surface area contributed by atoms with Gasteiger partial charge < -0.3 is 4.98 Å². The maximum atomic E-state index is 13.0. The highest BCUT2D eigenvalue weighted by molar-refractivity contribution is 5.83. The summed E-state index contributed by atoms with van der Waals surface area (Å²) in [6.07, 6.45) is 1.66. The number of aryl methyl sites for hydroxylation is 1. The maximum absolute atomic E-state index is 13.0. The minimum atomic E-state index is -0.815. The van der Waals surface area contributed by atoms with Crippen LogP contribution in [0.3, 0.4) is 0 Å². The lowest BCUT2D eigenvalue weighted by molar-refractivity contribution is 0.515. The van der Waals surface area contributed by atoms with E-state index in [1.165, 1.54) is 0 Å². The Morgan fingerprint density at radius 3 is 2.75 bits per heavy atom. The number of nitrogens with one attached hydrogen (secondary N) is 1. The van der Waals surface area contributed by atoms with Gasteiger partial charge >= 0.3 is 0 Å². The van der Waals surface area contributed by atoms with Crippen molar-refractivity contribution in [3.63, 3.8) is 0 Å². The number of rotatable bonds is 0. The van der Waals surface area contributed by atoms with E-state index in [0.29, 0.717) is 0 Å². The van der Waals surface area contributed by atoms with Crippen molar-refractivity contribution in [1.29, 1.82) is 0 Å². The fraction of sp³-hybridized carbons (Fsp3) is 0.111. The maximum Gasteiger partial charge on any atom is 0.182 e. The zero-order chi connectivity index (χ0) is 8.72. The van der Waals surface area contributed by atoms with Crippen molar-refractivity contribution >= 4 is 10.9 Å². The lowest BCUT2D eigenvalue weighted by atomic mass is 10.2. The predicted molar refractivity (Wildman–Crippen MR) is 43.0 cm³/mol. The molecule has 0 amide bonds. The van der Waals surface area contributed by atoms with Crippen molar-refractivity contribution < 1.29 is 8.78 Å². The number of H-pyrrole nitrogens is 1. The van der Waals surface area contributed by atoms with Gasteiger partial charge in [-0.25, -0.2) is 8.78 Å². The Morgan fingerprint density at radius 2 is 2.00 bits per heavy atom. The Labute approximate surface area is 68.0 Å².